The summed E-state index contributed by atoms with van der Waals surface area (Å²) in [4.78, 5) is 11.1. The van der Waals surface area contributed by atoms with Gasteiger partial charge < -0.3 is 11.1 Å². The molecule has 0 spiro atoms. The van der Waals surface area contributed by atoms with Gasteiger partial charge in [-0.2, -0.15) is 5.10 Å². The third-order valence-electron chi connectivity index (χ3n) is 1.68. The lowest BCUT2D eigenvalue weighted by Gasteiger charge is -1.95. The molecule has 0 aliphatic rings. The van der Waals surface area contributed by atoms with Crippen LogP contribution >= 0.6 is 0 Å². The van der Waals surface area contributed by atoms with Crippen LogP contribution in [0.15, 0.2) is 0 Å². The first-order valence-electron chi connectivity index (χ1n) is 3.75. The minimum Gasteiger partial charge on any atom is -0.395 e. The maximum absolute atomic E-state index is 11.1. The molecule has 1 amide bonds. The molecule has 0 aliphatic heterocycles. The number of carbonyl (C=O) groups is 1. The monoisotopic (exact) mass is 168 g/mol. The summed E-state index contributed by atoms with van der Waals surface area (Å²) in [6, 6.07) is 0. The van der Waals surface area contributed by atoms with E-state index in [0.717, 1.165) is 12.1 Å². The van der Waals surface area contributed by atoms with Crippen LogP contribution in [0.4, 0.5) is 5.69 Å². The van der Waals surface area contributed by atoms with E-state index in [1.165, 1.54) is 0 Å². The number of nitrogens with two attached hydrogens (primary N) is 1. The van der Waals surface area contributed by atoms with Gasteiger partial charge in [-0.05, 0) is 6.42 Å². The number of aryl methyl sites for hydroxylation is 1. The maximum Gasteiger partial charge on any atom is 0.273 e. The third-order valence-corrected chi connectivity index (χ3v) is 1.68. The van der Waals surface area contributed by atoms with E-state index in [2.05, 4.69) is 15.5 Å². The highest BCUT2D eigenvalue weighted by Crippen LogP contribution is 2.13. The normalized spacial score (nSPS) is 9.83. The number of anilines is 1. The molecule has 66 valence electrons. The van der Waals surface area contributed by atoms with Crippen molar-refractivity contribution in [3.63, 3.8) is 0 Å². The third kappa shape index (κ3) is 1.25. The van der Waals surface area contributed by atoms with E-state index >= 15 is 0 Å². The summed E-state index contributed by atoms with van der Waals surface area (Å²) in [5, 5.41) is 8.96. The van der Waals surface area contributed by atoms with Crippen molar-refractivity contribution >= 4 is 11.6 Å². The Labute approximate surface area is 70.3 Å². The van der Waals surface area contributed by atoms with Gasteiger partial charge in [-0.15, -0.1) is 0 Å². The molecule has 0 aromatic carbocycles. The lowest BCUT2D eigenvalue weighted by molar-refractivity contribution is 0.0959. The number of nitrogens with zero attached hydrogens (tertiary/aromatic N) is 1. The van der Waals surface area contributed by atoms with Gasteiger partial charge in [-0.25, -0.2) is 0 Å². The first-order valence-corrected chi connectivity index (χ1v) is 3.75. The summed E-state index contributed by atoms with van der Waals surface area (Å²) in [5.41, 5.74) is 7.15. The molecule has 0 unspecified atom stereocenters. The summed E-state index contributed by atoms with van der Waals surface area (Å²) in [5.74, 6) is -0.261. The van der Waals surface area contributed by atoms with Crippen LogP contribution in [-0.2, 0) is 6.42 Å². The van der Waals surface area contributed by atoms with Gasteiger partial charge >= 0.3 is 0 Å². The number of carbonyl (C=O) groups excluding carboxylic acids is 1. The number of nitrogen functional groups attached to an aromatic ring is 1. The zero-order valence-corrected chi connectivity index (χ0v) is 7.14. The van der Waals surface area contributed by atoms with Crippen LogP contribution in [0, 0.1) is 0 Å². The van der Waals surface area contributed by atoms with Gasteiger partial charge in [0.15, 0.2) is 5.69 Å². The highest BCUT2D eigenvalue weighted by molar-refractivity contribution is 5.97. The molecule has 0 atom stereocenters. The van der Waals surface area contributed by atoms with Gasteiger partial charge in [0.2, 0.25) is 0 Å². The Bertz CT molecular complexity index is 292. The summed E-state index contributed by atoms with van der Waals surface area (Å²) in [6.07, 6.45) is 0.746. The van der Waals surface area contributed by atoms with Crippen molar-refractivity contribution in [2.75, 3.05) is 12.8 Å². The van der Waals surface area contributed by atoms with Gasteiger partial charge in [-0.1, -0.05) is 6.92 Å². The zero-order valence-electron chi connectivity index (χ0n) is 7.14. The lowest BCUT2D eigenvalue weighted by atomic mass is 10.2. The topological polar surface area (TPSA) is 83.8 Å². The van der Waals surface area contributed by atoms with E-state index in [1.807, 2.05) is 6.92 Å². The summed E-state index contributed by atoms with van der Waals surface area (Å²) >= 11 is 0. The van der Waals surface area contributed by atoms with Crippen molar-refractivity contribution < 1.29 is 4.79 Å². The Morgan fingerprint density at radius 1 is 1.75 bits per heavy atom. The number of hydrogen-bond donors (Lipinski definition) is 3. The van der Waals surface area contributed by atoms with Crippen molar-refractivity contribution in [2.24, 2.45) is 0 Å². The molecular formula is C7H12N4O. The molecule has 1 aromatic heterocycles. The van der Waals surface area contributed by atoms with Crippen LogP contribution in [-0.4, -0.2) is 23.2 Å². The van der Waals surface area contributed by atoms with Crippen LogP contribution in [0.5, 0.6) is 0 Å². The number of amides is 1. The summed E-state index contributed by atoms with van der Waals surface area (Å²) < 4.78 is 0. The fourth-order valence-corrected chi connectivity index (χ4v) is 0.948. The fourth-order valence-electron chi connectivity index (χ4n) is 0.948. The first-order chi connectivity index (χ1) is 5.70. The van der Waals surface area contributed by atoms with E-state index in [-0.39, 0.29) is 11.6 Å². The van der Waals surface area contributed by atoms with Gasteiger partial charge in [0.1, 0.15) is 0 Å². The maximum atomic E-state index is 11.1. The van der Waals surface area contributed by atoms with Crippen LogP contribution < -0.4 is 11.1 Å². The molecular weight excluding hydrogens is 156 g/mol. The van der Waals surface area contributed by atoms with Crippen molar-refractivity contribution in [3.8, 4) is 0 Å². The Balaban J connectivity index is 3.02. The molecule has 0 saturated heterocycles. The van der Waals surface area contributed by atoms with Crippen LogP contribution in [0.1, 0.15) is 23.1 Å². The highest BCUT2D eigenvalue weighted by Gasteiger charge is 2.14. The van der Waals surface area contributed by atoms with Crippen molar-refractivity contribution in [1.82, 2.24) is 15.5 Å². The predicted molar refractivity (Wildman–Crippen MR) is 45.8 cm³/mol. The molecule has 1 aromatic rings. The fraction of sp³-hybridized carbons (Fsp3) is 0.429. The smallest absolute Gasteiger partial charge is 0.273 e. The van der Waals surface area contributed by atoms with Gasteiger partial charge in [0.25, 0.3) is 5.91 Å². The molecule has 0 radical (unpaired) electrons. The zero-order chi connectivity index (χ0) is 9.14. The second kappa shape index (κ2) is 3.25. The van der Waals surface area contributed by atoms with Gasteiger partial charge in [0, 0.05) is 7.05 Å². The molecule has 0 aliphatic carbocycles. The first kappa shape index (κ1) is 8.58. The Kier molecular flexibility index (Phi) is 2.32. The van der Waals surface area contributed by atoms with Gasteiger partial charge in [0.05, 0.1) is 11.4 Å². The van der Waals surface area contributed by atoms with Crippen LogP contribution in [0.3, 0.4) is 0 Å². The number of nitrogens with one attached hydrogen (secondary N) is 2. The molecule has 5 nitrogen and oxygen atoms in total. The molecule has 1 heterocycles. The van der Waals surface area contributed by atoms with Crippen molar-refractivity contribution in [2.45, 2.75) is 13.3 Å². The standard InChI is InChI=1S/C7H12N4O/c1-3-4-5(8)6(11-10-4)7(12)9-2/h3,8H2,1-2H3,(H,9,12)(H,10,11). The van der Waals surface area contributed by atoms with E-state index in [9.17, 15) is 4.79 Å². The number of rotatable bonds is 2. The van der Waals surface area contributed by atoms with E-state index in [4.69, 9.17) is 5.73 Å². The molecule has 0 bridgehead atoms. The lowest BCUT2D eigenvalue weighted by Crippen LogP contribution is -2.19. The SMILES string of the molecule is CCc1[nH]nc(C(=O)NC)c1N. The second-order valence-electron chi connectivity index (χ2n) is 2.40. The molecule has 0 saturated carbocycles. The number of hydrogen-bond acceptors (Lipinski definition) is 3. The Morgan fingerprint density at radius 3 is 2.83 bits per heavy atom. The molecule has 5 heteroatoms. The molecule has 12 heavy (non-hydrogen) atoms. The average Bonchev–Trinajstić information content (AvgIpc) is 2.45. The number of H-pyrrole nitrogens is 1. The average molecular weight is 168 g/mol. The van der Waals surface area contributed by atoms with Gasteiger partial charge in [-0.3, -0.25) is 9.89 Å². The molecule has 0 fully saturated rings. The van der Waals surface area contributed by atoms with Crippen molar-refractivity contribution in [1.29, 1.82) is 0 Å². The van der Waals surface area contributed by atoms with Crippen LogP contribution in [0.25, 0.3) is 0 Å². The van der Waals surface area contributed by atoms with Crippen LogP contribution in [0.2, 0.25) is 0 Å². The summed E-state index contributed by atoms with van der Waals surface area (Å²) in [7, 11) is 1.54. The van der Waals surface area contributed by atoms with E-state index in [0.29, 0.717) is 5.69 Å². The predicted octanol–water partition coefficient (Wildman–Crippen LogP) is -0.0861. The minimum atomic E-state index is -0.261. The second-order valence-corrected chi connectivity index (χ2v) is 2.40. The molecule has 1 rings (SSSR count). The Hall–Kier alpha value is -1.52. The van der Waals surface area contributed by atoms with Crippen molar-refractivity contribution in [3.05, 3.63) is 11.4 Å². The van der Waals surface area contributed by atoms with E-state index in [1.54, 1.807) is 7.05 Å². The minimum absolute atomic E-state index is 0.261. The quantitative estimate of drug-likeness (QED) is 0.577. The van der Waals surface area contributed by atoms with E-state index < -0.39 is 0 Å². The Morgan fingerprint density at radius 2 is 2.42 bits per heavy atom. The largest absolute Gasteiger partial charge is 0.395 e. The number of aromatic nitrogens is 2. The highest BCUT2D eigenvalue weighted by atomic mass is 16.1. The number of aromatic amines is 1. The molecule has 4 N–H and O–H groups in total. The summed E-state index contributed by atoms with van der Waals surface area (Å²) in [6.45, 7) is 1.94.